The van der Waals surface area contributed by atoms with Gasteiger partial charge in [-0.25, -0.2) is 0 Å². The van der Waals surface area contributed by atoms with Crippen molar-refractivity contribution in [3.8, 4) is 0 Å². The minimum Gasteiger partial charge on any atom is -0.353 e. The molecular formula is C18H30N2O2. The van der Waals surface area contributed by atoms with E-state index in [0.717, 1.165) is 25.7 Å². The van der Waals surface area contributed by atoms with Gasteiger partial charge in [0.25, 0.3) is 0 Å². The van der Waals surface area contributed by atoms with Crippen molar-refractivity contribution in [3.63, 3.8) is 0 Å². The Balaban J connectivity index is 1.35. The Bertz CT molecular complexity index is 405. The summed E-state index contributed by atoms with van der Waals surface area (Å²) in [5.41, 5.74) is 0.619. The molecule has 1 spiro atoms. The maximum Gasteiger partial charge on any atom is 0.220 e. The number of nitrogens with one attached hydrogen (secondary N) is 2. The zero-order valence-corrected chi connectivity index (χ0v) is 13.7. The molecule has 124 valence electrons. The molecule has 4 heteroatoms. The smallest absolute Gasteiger partial charge is 0.220 e. The van der Waals surface area contributed by atoms with Gasteiger partial charge in [-0.05, 0) is 56.8 Å². The summed E-state index contributed by atoms with van der Waals surface area (Å²) < 4.78 is 0. The Hall–Kier alpha value is -1.06. The Kier molecular flexibility index (Phi) is 5.04. The first-order chi connectivity index (χ1) is 10.7. The van der Waals surface area contributed by atoms with Gasteiger partial charge in [-0.3, -0.25) is 9.59 Å². The molecule has 2 amide bonds. The van der Waals surface area contributed by atoms with E-state index in [1.165, 1.54) is 44.9 Å². The van der Waals surface area contributed by atoms with E-state index in [-0.39, 0.29) is 17.9 Å². The summed E-state index contributed by atoms with van der Waals surface area (Å²) >= 11 is 0. The minimum atomic E-state index is 0.135. The van der Waals surface area contributed by atoms with E-state index < -0.39 is 0 Å². The third-order valence-corrected chi connectivity index (χ3v) is 6.13. The molecule has 2 aliphatic carbocycles. The quantitative estimate of drug-likeness (QED) is 0.838. The maximum absolute atomic E-state index is 12.1. The average Bonchev–Trinajstić information content (AvgIpc) is 2.94. The largest absolute Gasteiger partial charge is 0.353 e. The fourth-order valence-corrected chi connectivity index (χ4v) is 4.68. The monoisotopic (exact) mass is 306 g/mol. The molecule has 1 atom stereocenters. The molecular weight excluding hydrogens is 276 g/mol. The first kappa shape index (κ1) is 15.8. The first-order valence-electron chi connectivity index (χ1n) is 9.24. The van der Waals surface area contributed by atoms with Crippen LogP contribution in [-0.2, 0) is 9.59 Å². The number of amides is 2. The van der Waals surface area contributed by atoms with E-state index in [0.29, 0.717) is 24.3 Å². The summed E-state index contributed by atoms with van der Waals surface area (Å²) in [5, 5.41) is 6.16. The normalized spacial score (nSPS) is 28.5. The van der Waals surface area contributed by atoms with Gasteiger partial charge in [-0.1, -0.05) is 19.3 Å². The maximum atomic E-state index is 12.1. The molecule has 0 aromatic carbocycles. The van der Waals surface area contributed by atoms with Crippen LogP contribution in [-0.4, -0.2) is 23.9 Å². The van der Waals surface area contributed by atoms with Gasteiger partial charge in [0.1, 0.15) is 0 Å². The fourth-order valence-electron chi connectivity index (χ4n) is 4.68. The van der Waals surface area contributed by atoms with Crippen LogP contribution in [0.4, 0.5) is 0 Å². The molecule has 2 saturated carbocycles. The molecule has 3 fully saturated rings. The van der Waals surface area contributed by atoms with Gasteiger partial charge >= 0.3 is 0 Å². The summed E-state index contributed by atoms with van der Waals surface area (Å²) in [6.07, 6.45) is 14.8. The van der Waals surface area contributed by atoms with Crippen molar-refractivity contribution < 1.29 is 9.59 Å². The van der Waals surface area contributed by atoms with Crippen molar-refractivity contribution in [1.29, 1.82) is 0 Å². The van der Waals surface area contributed by atoms with Crippen LogP contribution in [0, 0.1) is 5.41 Å². The van der Waals surface area contributed by atoms with E-state index in [1.807, 2.05) is 0 Å². The first-order valence-corrected chi connectivity index (χ1v) is 9.24. The highest BCUT2D eigenvalue weighted by Crippen LogP contribution is 2.47. The summed E-state index contributed by atoms with van der Waals surface area (Å²) in [6, 6.07) is 0.605. The number of hydrogen-bond donors (Lipinski definition) is 2. The number of carbonyl (C=O) groups is 2. The molecule has 0 aromatic rings. The fraction of sp³-hybridized carbons (Fsp3) is 0.889. The molecule has 3 aliphatic rings. The van der Waals surface area contributed by atoms with Crippen LogP contribution < -0.4 is 10.6 Å². The van der Waals surface area contributed by atoms with E-state index in [9.17, 15) is 9.59 Å². The van der Waals surface area contributed by atoms with Crippen LogP contribution in [0.3, 0.4) is 0 Å². The van der Waals surface area contributed by atoms with Crippen molar-refractivity contribution in [1.82, 2.24) is 10.6 Å². The topological polar surface area (TPSA) is 58.2 Å². The van der Waals surface area contributed by atoms with E-state index in [1.54, 1.807) is 0 Å². The van der Waals surface area contributed by atoms with Gasteiger partial charge in [0, 0.05) is 24.9 Å². The Morgan fingerprint density at radius 3 is 2.45 bits per heavy atom. The van der Waals surface area contributed by atoms with Gasteiger partial charge in [0.05, 0.1) is 0 Å². The minimum absolute atomic E-state index is 0.135. The van der Waals surface area contributed by atoms with E-state index in [4.69, 9.17) is 0 Å². The van der Waals surface area contributed by atoms with E-state index >= 15 is 0 Å². The van der Waals surface area contributed by atoms with Crippen molar-refractivity contribution in [3.05, 3.63) is 0 Å². The summed E-state index contributed by atoms with van der Waals surface area (Å²) in [7, 11) is 0. The number of carbonyl (C=O) groups excluding carboxylic acids is 2. The second kappa shape index (κ2) is 7.01. The van der Waals surface area contributed by atoms with Crippen molar-refractivity contribution >= 4 is 11.8 Å². The molecule has 1 heterocycles. The highest BCUT2D eigenvalue weighted by Gasteiger charge is 2.36. The van der Waals surface area contributed by atoms with Crippen molar-refractivity contribution in [2.24, 2.45) is 5.41 Å². The second-order valence-corrected chi connectivity index (χ2v) is 7.74. The molecule has 1 aliphatic heterocycles. The molecule has 22 heavy (non-hydrogen) atoms. The lowest BCUT2D eigenvalue weighted by Gasteiger charge is -2.43. The lowest BCUT2D eigenvalue weighted by Crippen LogP contribution is -2.41. The zero-order chi connectivity index (χ0) is 15.4. The van der Waals surface area contributed by atoms with Crippen LogP contribution in [0.5, 0.6) is 0 Å². The Morgan fingerprint density at radius 2 is 1.82 bits per heavy atom. The highest BCUT2D eigenvalue weighted by atomic mass is 16.2. The number of rotatable bonds is 4. The predicted octanol–water partition coefficient (Wildman–Crippen LogP) is 3.05. The van der Waals surface area contributed by atoms with Gasteiger partial charge in [0.15, 0.2) is 0 Å². The van der Waals surface area contributed by atoms with Gasteiger partial charge in [0.2, 0.25) is 11.8 Å². The SMILES string of the molecule is O=C1CCC(CCC(=O)NC2CCC3(CCCCC3)CC2)N1. The molecule has 4 nitrogen and oxygen atoms in total. The molecule has 1 saturated heterocycles. The van der Waals surface area contributed by atoms with Gasteiger partial charge < -0.3 is 10.6 Å². The summed E-state index contributed by atoms with van der Waals surface area (Å²) in [6.45, 7) is 0. The summed E-state index contributed by atoms with van der Waals surface area (Å²) in [5.74, 6) is 0.307. The van der Waals surface area contributed by atoms with Crippen molar-refractivity contribution in [2.45, 2.75) is 95.6 Å². The highest BCUT2D eigenvalue weighted by molar-refractivity contribution is 5.79. The molecule has 0 aromatic heterocycles. The molecule has 2 N–H and O–H groups in total. The van der Waals surface area contributed by atoms with Gasteiger partial charge in [-0.2, -0.15) is 0 Å². The Morgan fingerprint density at radius 1 is 1.09 bits per heavy atom. The molecule has 0 radical (unpaired) electrons. The lowest BCUT2D eigenvalue weighted by atomic mass is 9.64. The molecule has 3 rings (SSSR count). The van der Waals surface area contributed by atoms with Crippen LogP contribution in [0.2, 0.25) is 0 Å². The zero-order valence-electron chi connectivity index (χ0n) is 13.7. The average molecular weight is 306 g/mol. The van der Waals surface area contributed by atoms with Crippen molar-refractivity contribution in [2.75, 3.05) is 0 Å². The van der Waals surface area contributed by atoms with E-state index in [2.05, 4.69) is 10.6 Å². The third-order valence-electron chi connectivity index (χ3n) is 6.13. The van der Waals surface area contributed by atoms with Crippen LogP contribution in [0.15, 0.2) is 0 Å². The summed E-state index contributed by atoms with van der Waals surface area (Å²) in [4.78, 5) is 23.2. The predicted molar refractivity (Wildman–Crippen MR) is 86.3 cm³/mol. The van der Waals surface area contributed by atoms with Gasteiger partial charge in [-0.15, -0.1) is 0 Å². The number of hydrogen-bond acceptors (Lipinski definition) is 2. The third kappa shape index (κ3) is 4.02. The van der Waals surface area contributed by atoms with Crippen LogP contribution in [0.25, 0.3) is 0 Å². The standard InChI is InChI=1S/C18H30N2O2/c21-16-6-4-14(19-16)5-7-17(22)20-15-8-12-18(13-9-15)10-2-1-3-11-18/h14-15H,1-13H2,(H,19,21)(H,20,22). The lowest BCUT2D eigenvalue weighted by molar-refractivity contribution is -0.123. The van der Waals surface area contributed by atoms with Crippen LogP contribution >= 0.6 is 0 Å². The second-order valence-electron chi connectivity index (χ2n) is 7.74. The molecule has 0 bridgehead atoms. The van der Waals surface area contributed by atoms with Crippen LogP contribution in [0.1, 0.15) is 83.5 Å². The molecule has 1 unspecified atom stereocenters. The Labute approximate surface area is 133 Å².